The quantitative estimate of drug-likeness (QED) is 0.460. The van der Waals surface area contributed by atoms with Gasteiger partial charge in [0.25, 0.3) is 5.91 Å². The molecule has 6 nitrogen and oxygen atoms in total. The Hall–Kier alpha value is -3.11. The first-order chi connectivity index (χ1) is 12.5. The van der Waals surface area contributed by atoms with Gasteiger partial charge in [0.1, 0.15) is 17.4 Å². The summed E-state index contributed by atoms with van der Waals surface area (Å²) in [5, 5.41) is 13.8. The number of thiophene rings is 1. The van der Waals surface area contributed by atoms with E-state index in [0.717, 1.165) is 4.88 Å². The van der Waals surface area contributed by atoms with Gasteiger partial charge in [0.05, 0.1) is 13.2 Å². The molecule has 1 aromatic heterocycles. The summed E-state index contributed by atoms with van der Waals surface area (Å²) < 4.78 is 9.98. The van der Waals surface area contributed by atoms with E-state index in [0.29, 0.717) is 11.3 Å². The largest absolute Gasteiger partial charge is 0.497 e. The Morgan fingerprint density at radius 3 is 2.62 bits per heavy atom. The summed E-state index contributed by atoms with van der Waals surface area (Å²) in [6, 6.07) is 12.3. The van der Waals surface area contributed by atoms with E-state index in [1.54, 1.807) is 37.4 Å². The molecule has 0 saturated heterocycles. The predicted molar refractivity (Wildman–Crippen MR) is 98.4 cm³/mol. The molecule has 1 heterocycles. The van der Waals surface area contributed by atoms with Crippen molar-refractivity contribution in [3.05, 3.63) is 57.8 Å². The zero-order valence-electron chi connectivity index (χ0n) is 14.4. The third kappa shape index (κ3) is 5.46. The number of rotatable bonds is 7. The van der Waals surface area contributed by atoms with Crippen LogP contribution in [0.2, 0.25) is 0 Å². The van der Waals surface area contributed by atoms with Gasteiger partial charge in [-0.05, 0) is 42.1 Å². The lowest BCUT2D eigenvalue weighted by molar-refractivity contribution is -0.144. The van der Waals surface area contributed by atoms with Crippen molar-refractivity contribution in [3.63, 3.8) is 0 Å². The molecule has 0 unspecified atom stereocenters. The van der Waals surface area contributed by atoms with E-state index >= 15 is 0 Å². The minimum absolute atomic E-state index is 0.175. The molecule has 0 radical (unpaired) electrons. The second-order valence-electron chi connectivity index (χ2n) is 5.32. The molecule has 1 amide bonds. The van der Waals surface area contributed by atoms with Crippen LogP contribution in [0.1, 0.15) is 23.4 Å². The van der Waals surface area contributed by atoms with Crippen LogP contribution in [0, 0.1) is 11.3 Å². The first kappa shape index (κ1) is 19.2. The monoisotopic (exact) mass is 370 g/mol. The van der Waals surface area contributed by atoms with Gasteiger partial charge in [-0.15, -0.1) is 11.3 Å². The third-order valence-corrected chi connectivity index (χ3v) is 4.50. The topological polar surface area (TPSA) is 88.4 Å². The van der Waals surface area contributed by atoms with Crippen LogP contribution in [-0.2, 0) is 14.3 Å². The van der Waals surface area contributed by atoms with Gasteiger partial charge in [0.15, 0.2) is 6.61 Å². The maximum Gasteiger partial charge on any atom is 0.349 e. The number of nitrogens with zero attached hydrogens (tertiary/aromatic N) is 1. The first-order valence-corrected chi connectivity index (χ1v) is 8.67. The molecule has 134 valence electrons. The van der Waals surface area contributed by atoms with Crippen LogP contribution in [0.15, 0.2) is 47.4 Å². The number of carbonyl (C=O) groups excluding carboxylic acids is 2. The Kier molecular flexibility index (Phi) is 6.94. The minimum atomic E-state index is -0.845. The second kappa shape index (κ2) is 9.39. The third-order valence-electron chi connectivity index (χ3n) is 3.45. The molecule has 0 bridgehead atoms. The number of amides is 1. The van der Waals surface area contributed by atoms with Crippen molar-refractivity contribution in [2.75, 3.05) is 13.7 Å². The van der Waals surface area contributed by atoms with Gasteiger partial charge >= 0.3 is 5.97 Å². The van der Waals surface area contributed by atoms with Crippen LogP contribution in [0.3, 0.4) is 0 Å². The number of benzene rings is 1. The zero-order chi connectivity index (χ0) is 18.9. The highest BCUT2D eigenvalue weighted by molar-refractivity contribution is 7.10. The molecule has 26 heavy (non-hydrogen) atoms. The van der Waals surface area contributed by atoms with Crippen LogP contribution < -0.4 is 10.1 Å². The Morgan fingerprint density at radius 1 is 1.31 bits per heavy atom. The normalized spacial score (nSPS) is 12.0. The highest BCUT2D eigenvalue weighted by Gasteiger charge is 2.15. The summed E-state index contributed by atoms with van der Waals surface area (Å²) in [5.41, 5.74) is 0.462. The van der Waals surface area contributed by atoms with Crippen LogP contribution in [-0.4, -0.2) is 25.6 Å². The van der Waals surface area contributed by atoms with E-state index < -0.39 is 18.5 Å². The molecule has 0 fully saturated rings. The Balaban J connectivity index is 1.91. The molecule has 0 aliphatic rings. The molecule has 2 rings (SSSR count). The van der Waals surface area contributed by atoms with Gasteiger partial charge in [0, 0.05) is 4.88 Å². The second-order valence-corrected chi connectivity index (χ2v) is 6.30. The fourth-order valence-electron chi connectivity index (χ4n) is 2.10. The molecule has 1 aromatic carbocycles. The molecular weight excluding hydrogens is 352 g/mol. The number of nitriles is 1. The highest BCUT2D eigenvalue weighted by Crippen LogP contribution is 2.18. The summed E-state index contributed by atoms with van der Waals surface area (Å²) in [4.78, 5) is 24.9. The van der Waals surface area contributed by atoms with Crippen molar-refractivity contribution in [2.24, 2.45) is 0 Å². The van der Waals surface area contributed by atoms with Gasteiger partial charge in [-0.3, -0.25) is 4.79 Å². The Bertz CT molecular complexity index is 820. The SMILES string of the molecule is COc1ccc(/C=C(\C#N)C(=O)OCC(=O)N[C@@H](C)c2cccs2)cc1. The van der Waals surface area contributed by atoms with Crippen molar-refractivity contribution < 1.29 is 19.1 Å². The summed E-state index contributed by atoms with van der Waals surface area (Å²) in [7, 11) is 1.55. The maximum atomic E-state index is 12.0. The molecular formula is C19H18N2O4S. The Labute approximate surface area is 155 Å². The molecule has 0 spiro atoms. The van der Waals surface area contributed by atoms with Gasteiger partial charge in [-0.1, -0.05) is 18.2 Å². The molecule has 0 aliphatic carbocycles. The van der Waals surface area contributed by atoms with Crippen molar-refractivity contribution in [1.29, 1.82) is 5.26 Å². The number of nitrogens with one attached hydrogen (secondary N) is 1. The number of carbonyl (C=O) groups is 2. The smallest absolute Gasteiger partial charge is 0.349 e. The highest BCUT2D eigenvalue weighted by atomic mass is 32.1. The first-order valence-electron chi connectivity index (χ1n) is 7.79. The lowest BCUT2D eigenvalue weighted by Gasteiger charge is -2.12. The van der Waals surface area contributed by atoms with Gasteiger partial charge in [-0.25, -0.2) is 4.79 Å². The van der Waals surface area contributed by atoms with Crippen molar-refractivity contribution >= 4 is 29.3 Å². The number of hydrogen-bond donors (Lipinski definition) is 1. The van der Waals surface area contributed by atoms with E-state index in [1.807, 2.05) is 24.4 Å². The Morgan fingerprint density at radius 2 is 2.04 bits per heavy atom. The van der Waals surface area contributed by atoms with Crippen LogP contribution in [0.4, 0.5) is 0 Å². The summed E-state index contributed by atoms with van der Waals surface area (Å²) in [6.07, 6.45) is 1.40. The number of hydrogen-bond acceptors (Lipinski definition) is 6. The summed E-state index contributed by atoms with van der Waals surface area (Å²) in [5.74, 6) is -0.608. The molecule has 7 heteroatoms. The van der Waals surface area contributed by atoms with Crippen molar-refractivity contribution in [1.82, 2.24) is 5.32 Å². The fourth-order valence-corrected chi connectivity index (χ4v) is 2.84. The van der Waals surface area contributed by atoms with Gasteiger partial charge < -0.3 is 14.8 Å². The summed E-state index contributed by atoms with van der Waals surface area (Å²) in [6.45, 7) is 1.39. The molecule has 1 atom stereocenters. The number of methoxy groups -OCH3 is 1. The maximum absolute atomic E-state index is 12.0. The van der Waals surface area contributed by atoms with Crippen LogP contribution in [0.5, 0.6) is 5.75 Å². The van der Waals surface area contributed by atoms with E-state index in [9.17, 15) is 9.59 Å². The molecule has 0 aliphatic heterocycles. The van der Waals surface area contributed by atoms with Crippen LogP contribution >= 0.6 is 11.3 Å². The number of ether oxygens (including phenoxy) is 2. The van der Waals surface area contributed by atoms with Crippen LogP contribution in [0.25, 0.3) is 6.08 Å². The molecule has 2 aromatic rings. The van der Waals surface area contributed by atoms with E-state index in [4.69, 9.17) is 14.7 Å². The van der Waals surface area contributed by atoms with E-state index in [-0.39, 0.29) is 11.6 Å². The van der Waals surface area contributed by atoms with E-state index in [1.165, 1.54) is 17.4 Å². The van der Waals surface area contributed by atoms with E-state index in [2.05, 4.69) is 5.32 Å². The average Bonchev–Trinajstić information content (AvgIpc) is 3.19. The van der Waals surface area contributed by atoms with Crippen molar-refractivity contribution in [3.8, 4) is 11.8 Å². The fraction of sp³-hybridized carbons (Fsp3) is 0.211. The lowest BCUT2D eigenvalue weighted by atomic mass is 10.1. The zero-order valence-corrected chi connectivity index (χ0v) is 15.2. The standard InChI is InChI=1S/C19H18N2O4S/c1-13(17-4-3-9-26-17)21-18(22)12-25-19(23)15(11-20)10-14-5-7-16(24-2)8-6-14/h3-10,13H,12H2,1-2H3,(H,21,22)/b15-10+/t13-/m0/s1. The molecule has 1 N–H and O–H groups in total. The lowest BCUT2D eigenvalue weighted by Crippen LogP contribution is -2.30. The minimum Gasteiger partial charge on any atom is -0.497 e. The number of esters is 1. The van der Waals surface area contributed by atoms with Crippen molar-refractivity contribution in [2.45, 2.75) is 13.0 Å². The molecule has 0 saturated carbocycles. The summed E-state index contributed by atoms with van der Waals surface area (Å²) >= 11 is 1.53. The van der Waals surface area contributed by atoms with Gasteiger partial charge in [-0.2, -0.15) is 5.26 Å². The average molecular weight is 370 g/mol. The predicted octanol–water partition coefficient (Wildman–Crippen LogP) is 3.08. The van der Waals surface area contributed by atoms with Gasteiger partial charge in [0.2, 0.25) is 0 Å².